The highest BCUT2D eigenvalue weighted by molar-refractivity contribution is 5.91. The summed E-state index contributed by atoms with van der Waals surface area (Å²) in [4.78, 5) is 4.34. The van der Waals surface area contributed by atoms with Gasteiger partial charge < -0.3 is 0 Å². The van der Waals surface area contributed by atoms with E-state index in [1.807, 2.05) is 48.5 Å². The van der Waals surface area contributed by atoms with E-state index in [1.165, 1.54) is 5.56 Å². The molecule has 4 aromatic rings. The van der Waals surface area contributed by atoms with E-state index in [9.17, 15) is 13.2 Å². The Bertz CT molecular complexity index is 1460. The normalized spacial score (nSPS) is 13.2. The van der Waals surface area contributed by atoms with Gasteiger partial charge >= 0.3 is 6.18 Å². The fraction of sp³-hybridized carbons (Fsp3) is 0.417. The Morgan fingerprint density at radius 1 is 0.650 bits per heavy atom. The molecule has 1 aromatic heterocycles. The lowest BCUT2D eigenvalue weighted by atomic mass is 9.58. The SMILES string of the molecule is CC(C)C(c1ccc(-c2cc(-c3cc(C(C)(C)C)c4ccccc4c3)ncc2C(F)(F)F)cc1)(C(C)C)C(C)C. The molecule has 0 fully saturated rings. The van der Waals surface area contributed by atoms with Crippen LogP contribution in [-0.4, -0.2) is 4.98 Å². The van der Waals surface area contributed by atoms with Gasteiger partial charge in [-0.3, -0.25) is 4.98 Å². The summed E-state index contributed by atoms with van der Waals surface area (Å²) in [5.41, 5.74) is 3.41. The number of aromatic nitrogens is 1. The summed E-state index contributed by atoms with van der Waals surface area (Å²) in [6.45, 7) is 19.9. The van der Waals surface area contributed by atoms with E-state index in [-0.39, 0.29) is 16.4 Å². The second-order valence-electron chi connectivity index (χ2n) is 13.1. The summed E-state index contributed by atoms with van der Waals surface area (Å²) in [7, 11) is 0. The van der Waals surface area contributed by atoms with Gasteiger partial charge in [-0.25, -0.2) is 0 Å². The number of halogens is 3. The number of nitrogens with zero attached hydrogens (tertiary/aromatic N) is 1. The summed E-state index contributed by atoms with van der Waals surface area (Å²) < 4.78 is 42.7. The zero-order chi connectivity index (χ0) is 29.6. The van der Waals surface area contributed by atoms with Crippen LogP contribution < -0.4 is 0 Å². The van der Waals surface area contributed by atoms with Crippen LogP contribution in [0.2, 0.25) is 0 Å². The Balaban J connectivity index is 1.91. The Morgan fingerprint density at radius 3 is 1.75 bits per heavy atom. The van der Waals surface area contributed by atoms with Crippen molar-refractivity contribution in [2.45, 2.75) is 79.3 Å². The monoisotopic (exact) mass is 545 g/mol. The van der Waals surface area contributed by atoms with Crippen LogP contribution in [0.4, 0.5) is 13.2 Å². The van der Waals surface area contributed by atoms with E-state index in [2.05, 4.69) is 79.4 Å². The van der Waals surface area contributed by atoms with Crippen molar-refractivity contribution in [1.82, 2.24) is 4.98 Å². The number of hydrogen-bond acceptors (Lipinski definition) is 1. The minimum Gasteiger partial charge on any atom is -0.256 e. The van der Waals surface area contributed by atoms with Gasteiger partial charge in [0, 0.05) is 17.2 Å². The smallest absolute Gasteiger partial charge is 0.256 e. The number of pyridine rings is 1. The van der Waals surface area contributed by atoms with Crippen molar-refractivity contribution in [2.75, 3.05) is 0 Å². The number of rotatable bonds is 6. The minimum absolute atomic E-state index is 0.0801. The second kappa shape index (κ2) is 10.7. The molecule has 0 N–H and O–H groups in total. The van der Waals surface area contributed by atoms with Crippen molar-refractivity contribution in [3.05, 3.63) is 89.6 Å². The van der Waals surface area contributed by atoms with Crippen molar-refractivity contribution in [3.63, 3.8) is 0 Å². The first-order valence-corrected chi connectivity index (χ1v) is 14.3. The number of fused-ring (bicyclic) bond motifs is 1. The maximum Gasteiger partial charge on any atom is 0.418 e. The average molecular weight is 546 g/mol. The standard InChI is InChI=1S/C36H42F3N/c1-22(2)35(23(3)4,24(5)6)28-16-14-25(15-17-28)30-20-33(40-21-32(30)36(37,38)39)27-18-26-12-10-11-13-29(26)31(19-27)34(7,8)9/h10-24H,1-9H3. The molecule has 212 valence electrons. The van der Waals surface area contributed by atoms with E-state index in [0.29, 0.717) is 29.0 Å². The molecule has 0 aliphatic heterocycles. The molecule has 3 aromatic carbocycles. The Labute approximate surface area is 237 Å². The summed E-state index contributed by atoms with van der Waals surface area (Å²) in [5.74, 6) is 1.13. The van der Waals surface area contributed by atoms with E-state index in [1.54, 1.807) is 6.07 Å². The molecular formula is C36H42F3N. The lowest BCUT2D eigenvalue weighted by Crippen LogP contribution is -2.42. The molecule has 0 saturated carbocycles. The average Bonchev–Trinajstić information content (AvgIpc) is 2.86. The van der Waals surface area contributed by atoms with Crippen molar-refractivity contribution in [2.24, 2.45) is 17.8 Å². The molecule has 0 amide bonds. The Hall–Kier alpha value is -3.14. The maximum atomic E-state index is 14.2. The lowest BCUT2D eigenvalue weighted by molar-refractivity contribution is -0.137. The van der Waals surface area contributed by atoms with Gasteiger partial charge in [0.2, 0.25) is 0 Å². The molecule has 0 aliphatic rings. The molecule has 0 atom stereocenters. The summed E-state index contributed by atoms with van der Waals surface area (Å²) in [6.07, 6.45) is -3.53. The molecule has 0 spiro atoms. The molecule has 1 nitrogen and oxygen atoms in total. The molecular weight excluding hydrogens is 503 g/mol. The Kier molecular flexibility index (Phi) is 7.97. The fourth-order valence-electron chi connectivity index (χ4n) is 7.10. The molecule has 40 heavy (non-hydrogen) atoms. The largest absolute Gasteiger partial charge is 0.418 e. The van der Waals surface area contributed by atoms with Crippen molar-refractivity contribution in [1.29, 1.82) is 0 Å². The topological polar surface area (TPSA) is 12.9 Å². The Morgan fingerprint density at radius 2 is 1.23 bits per heavy atom. The number of benzene rings is 3. The quantitative estimate of drug-likeness (QED) is 0.235. The van der Waals surface area contributed by atoms with Crippen LogP contribution in [0.5, 0.6) is 0 Å². The van der Waals surface area contributed by atoms with E-state index < -0.39 is 11.7 Å². The van der Waals surface area contributed by atoms with Gasteiger partial charge in [-0.05, 0) is 74.4 Å². The lowest BCUT2D eigenvalue weighted by Gasteiger charge is -2.46. The third kappa shape index (κ3) is 5.30. The van der Waals surface area contributed by atoms with Crippen LogP contribution in [0.3, 0.4) is 0 Å². The van der Waals surface area contributed by atoms with Crippen LogP contribution in [0.15, 0.2) is 72.9 Å². The maximum absolute atomic E-state index is 14.2. The van der Waals surface area contributed by atoms with Gasteiger partial charge in [-0.2, -0.15) is 13.2 Å². The zero-order valence-electron chi connectivity index (χ0n) is 25.2. The van der Waals surface area contributed by atoms with Crippen molar-refractivity contribution < 1.29 is 13.2 Å². The predicted octanol–water partition coefficient (Wildman–Crippen LogP) is 11.1. The molecule has 4 heteroatoms. The molecule has 0 aliphatic carbocycles. The highest BCUT2D eigenvalue weighted by atomic mass is 19.4. The second-order valence-corrected chi connectivity index (χ2v) is 13.1. The summed E-state index contributed by atoms with van der Waals surface area (Å²) in [6, 6.07) is 21.6. The van der Waals surface area contributed by atoms with E-state index >= 15 is 0 Å². The third-order valence-corrected chi connectivity index (χ3v) is 8.74. The van der Waals surface area contributed by atoms with Gasteiger partial charge in [0.1, 0.15) is 0 Å². The molecule has 1 heterocycles. The predicted molar refractivity (Wildman–Crippen MR) is 163 cm³/mol. The van der Waals surface area contributed by atoms with Gasteiger partial charge in [0.15, 0.2) is 0 Å². The summed E-state index contributed by atoms with van der Waals surface area (Å²) in [5, 5.41) is 2.19. The van der Waals surface area contributed by atoms with Crippen LogP contribution in [-0.2, 0) is 17.0 Å². The van der Waals surface area contributed by atoms with E-state index in [0.717, 1.165) is 28.1 Å². The number of alkyl halides is 3. The molecule has 0 unspecified atom stereocenters. The van der Waals surface area contributed by atoms with Crippen LogP contribution in [0.1, 0.15) is 79.0 Å². The first kappa shape index (κ1) is 29.8. The minimum atomic E-state index is -4.52. The highest BCUT2D eigenvalue weighted by Crippen LogP contribution is 2.47. The first-order valence-electron chi connectivity index (χ1n) is 14.3. The van der Waals surface area contributed by atoms with E-state index in [4.69, 9.17) is 0 Å². The molecule has 4 rings (SSSR count). The van der Waals surface area contributed by atoms with Gasteiger partial charge in [-0.1, -0.05) is 111 Å². The van der Waals surface area contributed by atoms with Crippen LogP contribution in [0, 0.1) is 17.8 Å². The van der Waals surface area contributed by atoms with Crippen LogP contribution in [0.25, 0.3) is 33.2 Å². The van der Waals surface area contributed by atoms with Crippen LogP contribution >= 0.6 is 0 Å². The van der Waals surface area contributed by atoms with Gasteiger partial charge in [0.05, 0.1) is 11.3 Å². The zero-order valence-corrected chi connectivity index (χ0v) is 25.2. The van der Waals surface area contributed by atoms with Gasteiger partial charge in [0.25, 0.3) is 0 Å². The fourth-order valence-corrected chi connectivity index (χ4v) is 7.10. The highest BCUT2D eigenvalue weighted by Gasteiger charge is 2.42. The molecule has 0 radical (unpaired) electrons. The number of hydrogen-bond donors (Lipinski definition) is 0. The third-order valence-electron chi connectivity index (χ3n) is 8.74. The summed E-state index contributed by atoms with van der Waals surface area (Å²) >= 11 is 0. The molecule has 0 bridgehead atoms. The molecule has 0 saturated heterocycles. The van der Waals surface area contributed by atoms with Crippen molar-refractivity contribution in [3.8, 4) is 22.4 Å². The van der Waals surface area contributed by atoms with Gasteiger partial charge in [-0.15, -0.1) is 0 Å². The first-order chi connectivity index (χ1) is 18.6. The van der Waals surface area contributed by atoms with Crippen molar-refractivity contribution >= 4 is 10.8 Å².